The van der Waals surface area contributed by atoms with E-state index in [0.29, 0.717) is 93.4 Å². The standard InChI is InChI=1S/C19H19N5O2.C16H19N5O.C15H19N5O3.C15H17N5O/c1-25-24-12-17-18(20)22-13-23-19(17)21-11-14-7-9-16(10-8-14)26-15-5-3-2-4-6-15;1-22-20-9-13-15(17)18-10-19-16(13)21-14-8-4-6-11-5-2-3-7-12(11)14;1-21-12-5-4-10(6-13(12)22-2)7-17-15-11(8-20-23-3)14(16)18-9-19-15;1-21-19-8-12-14(16)17-9-18-15(12)20-13-7-6-10-4-2-3-5-11(10)13/h2-10,12-13H,11H2,1H3,(H3,20,21,22,23);2-3,5,7,9-10,14H,4,6,8H2,1H3,(H3,17,18,19,21);4-6,8-9H,7H2,1-3H3,(H3,16,17,18,19);2-5,8-9,13H,6-7H2,1H3,(H3,16,17,18,20)/b24-12+;20-9+;20-8+;19-8+/t;;;13-/m...1/s1. The summed E-state index contributed by atoms with van der Waals surface area (Å²) < 4.78 is 16.3. The van der Waals surface area contributed by atoms with E-state index in [1.54, 1.807) is 14.2 Å². The van der Waals surface area contributed by atoms with Crippen molar-refractivity contribution in [3.63, 3.8) is 0 Å². The van der Waals surface area contributed by atoms with Crippen LogP contribution in [0.1, 0.15) is 87.0 Å². The summed E-state index contributed by atoms with van der Waals surface area (Å²) in [5, 5.41) is 28.3. The second-order valence-electron chi connectivity index (χ2n) is 19.9. The first-order valence-corrected chi connectivity index (χ1v) is 28.9. The van der Waals surface area contributed by atoms with Crippen LogP contribution in [0, 0.1) is 0 Å². The number of anilines is 8. The Balaban J connectivity index is 0.000000158. The zero-order chi connectivity index (χ0) is 64.9. The smallest absolute Gasteiger partial charge is 0.161 e. The number of benzene rings is 5. The number of nitrogens with zero attached hydrogens (tertiary/aromatic N) is 12. The minimum atomic E-state index is 0.217. The molecule has 4 aromatic heterocycles. The Morgan fingerprint density at radius 2 is 0.826 bits per heavy atom. The first kappa shape index (κ1) is 66.1. The van der Waals surface area contributed by atoms with E-state index in [-0.39, 0.29) is 12.1 Å². The molecule has 0 radical (unpaired) electrons. The van der Waals surface area contributed by atoms with Gasteiger partial charge in [-0.2, -0.15) is 0 Å². The highest BCUT2D eigenvalue weighted by Gasteiger charge is 2.24. The number of para-hydroxylation sites is 1. The Hall–Kier alpha value is -11.9. The molecule has 5 aromatic carbocycles. The van der Waals surface area contributed by atoms with Crippen molar-refractivity contribution in [3.8, 4) is 23.0 Å². The molecule has 92 heavy (non-hydrogen) atoms. The molecule has 0 saturated carbocycles. The van der Waals surface area contributed by atoms with Crippen LogP contribution in [0.5, 0.6) is 23.0 Å². The number of ether oxygens (including phenoxy) is 3. The van der Waals surface area contributed by atoms with Crippen LogP contribution in [0.15, 0.2) is 167 Å². The van der Waals surface area contributed by atoms with E-state index >= 15 is 0 Å². The first-order valence-electron chi connectivity index (χ1n) is 28.9. The minimum absolute atomic E-state index is 0.217. The molecule has 12 N–H and O–H groups in total. The number of aryl methyl sites for hydroxylation is 2. The van der Waals surface area contributed by atoms with Gasteiger partial charge in [0, 0.05) is 13.1 Å². The van der Waals surface area contributed by atoms with Gasteiger partial charge in [-0.1, -0.05) is 106 Å². The van der Waals surface area contributed by atoms with Crippen molar-refractivity contribution in [1.29, 1.82) is 0 Å². The van der Waals surface area contributed by atoms with Gasteiger partial charge >= 0.3 is 0 Å². The maximum Gasteiger partial charge on any atom is 0.161 e. The van der Waals surface area contributed by atoms with E-state index in [1.165, 1.54) is 101 Å². The number of nitrogen functional groups attached to an aromatic ring is 4. The number of rotatable bonds is 22. The maximum atomic E-state index is 5.92. The normalized spacial score (nSPS) is 13.6. The number of fused-ring (bicyclic) bond motifs is 2. The van der Waals surface area contributed by atoms with Crippen molar-refractivity contribution in [2.24, 2.45) is 20.6 Å². The predicted molar refractivity (Wildman–Crippen MR) is 358 cm³/mol. The van der Waals surface area contributed by atoms with E-state index in [0.717, 1.165) is 54.7 Å². The molecule has 0 aliphatic heterocycles. The Labute approximate surface area is 532 Å². The zero-order valence-corrected chi connectivity index (χ0v) is 51.8. The summed E-state index contributed by atoms with van der Waals surface area (Å²) in [5.74, 6) is 6.81. The Morgan fingerprint density at radius 1 is 0.424 bits per heavy atom. The number of nitrogens with one attached hydrogen (secondary N) is 4. The van der Waals surface area contributed by atoms with Crippen molar-refractivity contribution in [1.82, 2.24) is 39.9 Å². The van der Waals surface area contributed by atoms with Crippen molar-refractivity contribution in [2.45, 2.75) is 57.3 Å². The van der Waals surface area contributed by atoms with Crippen LogP contribution in [0.3, 0.4) is 0 Å². The Morgan fingerprint density at radius 3 is 1.30 bits per heavy atom. The van der Waals surface area contributed by atoms with Crippen LogP contribution in [0.25, 0.3) is 0 Å². The van der Waals surface area contributed by atoms with Crippen molar-refractivity contribution < 1.29 is 33.6 Å². The SMILES string of the molecule is CO/N=C/c1c(N)ncnc1NC1CCCc2ccccc21.CO/N=C/c1c(N)ncnc1NCc1ccc(OC)c(OC)c1.CO/N=C/c1c(N)ncnc1NCc1ccc(Oc2ccccc2)cc1.CO/N=C/c1c(N)ncnc1N[C@@H]1CCc2ccccc21. The van der Waals surface area contributed by atoms with Crippen molar-refractivity contribution in [2.75, 3.05) is 86.9 Å². The molecule has 0 fully saturated rings. The highest BCUT2D eigenvalue weighted by Crippen LogP contribution is 2.36. The summed E-state index contributed by atoms with van der Waals surface area (Å²) in [7, 11) is 9.08. The fourth-order valence-electron chi connectivity index (χ4n) is 9.68. The van der Waals surface area contributed by atoms with E-state index in [1.807, 2.05) is 72.8 Å². The molecule has 9 aromatic rings. The summed E-state index contributed by atoms with van der Waals surface area (Å²) in [4.78, 5) is 51.7. The maximum absolute atomic E-state index is 5.92. The highest BCUT2D eigenvalue weighted by molar-refractivity contribution is 5.93. The molecule has 476 valence electrons. The van der Waals surface area contributed by atoms with Gasteiger partial charge in [0.25, 0.3) is 0 Å². The average Bonchev–Trinajstić information content (AvgIpc) is 1.47. The van der Waals surface area contributed by atoms with E-state index < -0.39 is 0 Å². The molecule has 27 nitrogen and oxygen atoms in total. The van der Waals surface area contributed by atoms with Gasteiger partial charge in [-0.05, 0) is 102 Å². The van der Waals surface area contributed by atoms with Gasteiger partial charge in [0.15, 0.2) is 11.5 Å². The lowest BCUT2D eigenvalue weighted by Gasteiger charge is -2.27. The molecule has 2 aliphatic carbocycles. The second-order valence-corrected chi connectivity index (χ2v) is 19.9. The average molecular weight is 1250 g/mol. The number of nitrogens with two attached hydrogens (primary N) is 4. The lowest BCUT2D eigenvalue weighted by atomic mass is 9.87. The third kappa shape index (κ3) is 18.6. The molecule has 0 saturated heterocycles. The molecule has 0 amide bonds. The Kier molecular flexibility index (Phi) is 24.8. The number of hydrogen-bond donors (Lipinski definition) is 8. The fourth-order valence-corrected chi connectivity index (χ4v) is 9.68. The van der Waals surface area contributed by atoms with Gasteiger partial charge in [-0.25, -0.2) is 39.9 Å². The van der Waals surface area contributed by atoms with E-state index in [4.69, 9.17) is 51.7 Å². The third-order valence-electron chi connectivity index (χ3n) is 14.2. The number of hydrogen-bond acceptors (Lipinski definition) is 27. The summed E-state index contributed by atoms with van der Waals surface area (Å²) in [6.45, 7) is 1.08. The molecule has 11 rings (SSSR count). The van der Waals surface area contributed by atoms with Crippen molar-refractivity contribution in [3.05, 3.63) is 202 Å². The minimum Gasteiger partial charge on any atom is -0.493 e. The van der Waals surface area contributed by atoms with Crippen molar-refractivity contribution >= 4 is 71.4 Å². The lowest BCUT2D eigenvalue weighted by molar-refractivity contribution is 0.215. The number of oxime groups is 4. The van der Waals surface area contributed by atoms with Gasteiger partial charge < -0.3 is 77.8 Å². The molecule has 4 heterocycles. The monoisotopic (exact) mass is 1250 g/mol. The summed E-state index contributed by atoms with van der Waals surface area (Å²) in [6, 6.07) is 40.5. The second kappa shape index (κ2) is 34.6. The predicted octanol–water partition coefficient (Wildman–Crippen LogP) is 9.78. The quantitative estimate of drug-likeness (QED) is 0.0231. The molecule has 0 spiro atoms. The van der Waals surface area contributed by atoms with Gasteiger partial charge in [-0.15, -0.1) is 0 Å². The van der Waals surface area contributed by atoms with E-state index in [2.05, 4.69) is 135 Å². The topological polar surface area (TPSA) is 369 Å². The highest BCUT2D eigenvalue weighted by atomic mass is 16.6. The summed E-state index contributed by atoms with van der Waals surface area (Å²) in [5.41, 5.74) is 33.4. The zero-order valence-electron chi connectivity index (χ0n) is 51.8. The molecular formula is C65H74N20O7. The summed E-state index contributed by atoms with van der Waals surface area (Å²) >= 11 is 0. The largest absolute Gasteiger partial charge is 0.493 e. The molecule has 0 bridgehead atoms. The van der Waals surface area contributed by atoms with E-state index in [9.17, 15) is 0 Å². The van der Waals surface area contributed by atoms with Gasteiger partial charge in [0.05, 0.1) is 73.4 Å². The first-order chi connectivity index (χ1) is 45.0. The summed E-state index contributed by atoms with van der Waals surface area (Å²) in [6.07, 6.45) is 17.1. The molecule has 2 atom stereocenters. The molecule has 1 unspecified atom stereocenters. The molecule has 27 heteroatoms. The lowest BCUT2D eigenvalue weighted by Crippen LogP contribution is -2.19. The van der Waals surface area contributed by atoms with Crippen LogP contribution in [-0.2, 0) is 45.3 Å². The molecular weight excluding hydrogens is 1170 g/mol. The fraction of sp³-hybridized carbons (Fsp3) is 0.231. The van der Waals surface area contributed by atoms with Crippen LogP contribution in [-0.4, -0.2) is 107 Å². The van der Waals surface area contributed by atoms with Gasteiger partial charge in [-0.3, -0.25) is 0 Å². The van der Waals surface area contributed by atoms with Crippen LogP contribution in [0.4, 0.5) is 46.5 Å². The van der Waals surface area contributed by atoms with Crippen LogP contribution < -0.4 is 58.4 Å². The third-order valence-corrected chi connectivity index (χ3v) is 14.2. The van der Waals surface area contributed by atoms with Crippen LogP contribution >= 0.6 is 0 Å². The molecule has 2 aliphatic rings. The van der Waals surface area contributed by atoms with Crippen LogP contribution in [0.2, 0.25) is 0 Å². The number of aromatic nitrogens is 8. The van der Waals surface area contributed by atoms with Gasteiger partial charge in [0.2, 0.25) is 0 Å². The number of methoxy groups -OCH3 is 2. The Bertz CT molecular complexity index is 3920. The van der Waals surface area contributed by atoms with Gasteiger partial charge in [0.1, 0.15) is 112 Å².